The molecule has 3 aromatic carbocycles. The van der Waals surface area contributed by atoms with Gasteiger partial charge in [0.1, 0.15) is 29.3 Å². The van der Waals surface area contributed by atoms with Crippen LogP contribution in [-0.4, -0.2) is 23.8 Å². The number of rotatable bonds is 7. The molecule has 176 valence electrons. The van der Waals surface area contributed by atoms with Crippen LogP contribution in [0.25, 0.3) is 0 Å². The third-order valence-electron chi connectivity index (χ3n) is 6.16. The minimum atomic E-state index is -2.36. The van der Waals surface area contributed by atoms with Gasteiger partial charge in [-0.3, -0.25) is 14.4 Å². The first-order chi connectivity index (χ1) is 16.6. The zero-order chi connectivity index (χ0) is 23.5. The number of amides is 2. The summed E-state index contributed by atoms with van der Waals surface area (Å²) >= 11 is 1.30. The lowest BCUT2D eigenvalue weighted by molar-refractivity contribution is -0.121. The van der Waals surface area contributed by atoms with E-state index in [1.54, 1.807) is 11.4 Å². The monoisotopic (exact) mass is 563 g/mol. The van der Waals surface area contributed by atoms with Crippen LogP contribution in [0.1, 0.15) is 22.5 Å². The lowest BCUT2D eigenvalue weighted by Crippen LogP contribution is -3.00. The molecule has 4 aromatic rings. The maximum Gasteiger partial charge on any atom is 0.234 e. The average molecular weight is 564 g/mol. The summed E-state index contributed by atoms with van der Waals surface area (Å²) in [6.07, 6.45) is 0.656. The molecule has 0 radical (unpaired) electrons. The summed E-state index contributed by atoms with van der Waals surface area (Å²) in [5.74, 6) is -0.539. The quantitative estimate of drug-likeness (QED) is 0.195. The highest BCUT2D eigenvalue weighted by Gasteiger charge is 2.48. The number of carbonyl (C=O) groups is 3. The van der Waals surface area contributed by atoms with Gasteiger partial charge < -0.3 is 17.0 Å². The fourth-order valence-corrected chi connectivity index (χ4v) is 9.59. The van der Waals surface area contributed by atoms with Crippen LogP contribution in [0.3, 0.4) is 0 Å². The normalized spacial score (nSPS) is 13.5. The Kier molecular flexibility index (Phi) is 7.75. The molecule has 0 N–H and O–H groups in total. The number of nitrogens with zero attached hydrogens (tertiary/aromatic N) is 1. The number of Topliss-reactive ketones (excluding diaryl/α,β-unsaturated/α-hetero) is 1. The number of ketones is 1. The topological polar surface area (TPSA) is 54.5 Å². The predicted octanol–water partition coefficient (Wildman–Crippen LogP) is 1.58. The summed E-state index contributed by atoms with van der Waals surface area (Å²) < 4.78 is 0. The second-order valence-corrected chi connectivity index (χ2v) is 12.6. The highest BCUT2D eigenvalue weighted by Crippen LogP contribution is 2.56. The molecule has 0 aliphatic carbocycles. The zero-order valence-electron chi connectivity index (χ0n) is 18.8. The first-order valence-corrected chi connectivity index (χ1v) is 14.0. The number of anilines is 1. The first kappa shape index (κ1) is 25.2. The van der Waals surface area contributed by atoms with Crippen molar-refractivity contribution in [2.75, 3.05) is 11.1 Å². The maximum absolute atomic E-state index is 14.0. The largest absolute Gasteiger partial charge is 1.00 e. The van der Waals surface area contributed by atoms with Crippen LogP contribution < -0.4 is 37.8 Å². The van der Waals surface area contributed by atoms with Crippen molar-refractivity contribution in [2.24, 2.45) is 0 Å². The molecule has 4 nitrogen and oxygen atoms in total. The first-order valence-electron chi connectivity index (χ1n) is 11.1. The van der Waals surface area contributed by atoms with Gasteiger partial charge in [-0.15, -0.1) is 11.3 Å². The van der Waals surface area contributed by atoms with Gasteiger partial charge in [0.05, 0.1) is 10.6 Å². The number of thiophene rings is 1. The van der Waals surface area contributed by atoms with Crippen LogP contribution in [-0.2, 0) is 9.59 Å². The van der Waals surface area contributed by atoms with Crippen LogP contribution in [0.5, 0.6) is 0 Å². The highest BCUT2D eigenvalue weighted by atomic mass is 79.9. The summed E-state index contributed by atoms with van der Waals surface area (Å²) in [5, 5.41) is 5.14. The lowest BCUT2D eigenvalue weighted by Gasteiger charge is -2.27. The van der Waals surface area contributed by atoms with Crippen molar-refractivity contribution in [3.8, 4) is 0 Å². The third kappa shape index (κ3) is 4.66. The standard InChI is InChI=1S/C28H23NO3PS.BrH/c30-25(28-24(18-19-34-28)29-26(31)16-17-27(29)32)20-33(21-10-4-1-5-11-21,22-12-6-2-7-13-22)23-14-8-3-9-15-23;/h1-15,18-19H,16-17,20H2;1H/q+1;/p-1. The molecule has 0 spiro atoms. The molecule has 1 aromatic heterocycles. The maximum atomic E-state index is 14.0. The van der Waals surface area contributed by atoms with E-state index in [9.17, 15) is 14.4 Å². The van der Waals surface area contributed by atoms with Crippen molar-refractivity contribution >= 4 is 57.8 Å². The van der Waals surface area contributed by atoms with Crippen molar-refractivity contribution in [1.29, 1.82) is 0 Å². The van der Waals surface area contributed by atoms with E-state index in [-0.39, 0.29) is 53.6 Å². The Hall–Kier alpha value is -2.92. The Balaban J connectivity index is 0.00000289. The number of halogens is 1. The molecule has 2 heterocycles. The predicted molar refractivity (Wildman–Crippen MR) is 140 cm³/mol. The van der Waals surface area contributed by atoms with Gasteiger partial charge in [-0.25, -0.2) is 4.90 Å². The van der Waals surface area contributed by atoms with E-state index in [0.29, 0.717) is 10.6 Å². The van der Waals surface area contributed by atoms with E-state index in [2.05, 4.69) is 36.4 Å². The molecule has 1 saturated heterocycles. The Labute approximate surface area is 219 Å². The summed E-state index contributed by atoms with van der Waals surface area (Å²) in [5.41, 5.74) is 0.426. The van der Waals surface area contributed by atoms with Gasteiger partial charge in [0, 0.05) is 12.8 Å². The lowest BCUT2D eigenvalue weighted by atomic mass is 10.3. The van der Waals surface area contributed by atoms with E-state index in [4.69, 9.17) is 0 Å². The van der Waals surface area contributed by atoms with Gasteiger partial charge in [0.15, 0.2) is 0 Å². The Morgan fingerprint density at radius 3 is 1.57 bits per heavy atom. The van der Waals surface area contributed by atoms with Gasteiger partial charge in [-0.05, 0) is 47.8 Å². The SMILES string of the molecule is O=C(C[P+](c1ccccc1)(c1ccccc1)c1ccccc1)c1sccc1N1C(=O)CCC1=O.[Br-]. The van der Waals surface area contributed by atoms with Crippen molar-refractivity contribution < 1.29 is 31.4 Å². The highest BCUT2D eigenvalue weighted by molar-refractivity contribution is 7.96. The fraction of sp³-hybridized carbons (Fsp3) is 0.107. The molecular formula is C28H23BrNO3PS. The second kappa shape index (κ2) is 10.8. The van der Waals surface area contributed by atoms with Crippen molar-refractivity contribution in [1.82, 2.24) is 0 Å². The zero-order valence-corrected chi connectivity index (χ0v) is 22.1. The number of imide groups is 1. The average Bonchev–Trinajstić information content (AvgIpc) is 3.49. The molecule has 0 unspecified atom stereocenters. The van der Waals surface area contributed by atoms with Gasteiger partial charge in [-0.2, -0.15) is 0 Å². The Morgan fingerprint density at radius 1 is 0.714 bits per heavy atom. The molecule has 1 aliphatic rings. The van der Waals surface area contributed by atoms with Crippen molar-refractivity contribution in [3.63, 3.8) is 0 Å². The third-order valence-corrected chi connectivity index (χ3v) is 11.4. The molecule has 0 saturated carbocycles. The van der Waals surface area contributed by atoms with Crippen LogP contribution in [0.2, 0.25) is 0 Å². The van der Waals surface area contributed by atoms with Gasteiger partial charge in [0.25, 0.3) is 0 Å². The van der Waals surface area contributed by atoms with E-state index >= 15 is 0 Å². The number of hydrogen-bond donors (Lipinski definition) is 0. The number of hydrogen-bond acceptors (Lipinski definition) is 4. The second-order valence-electron chi connectivity index (χ2n) is 8.16. The van der Waals surface area contributed by atoms with E-state index in [1.165, 1.54) is 16.2 Å². The molecule has 35 heavy (non-hydrogen) atoms. The van der Waals surface area contributed by atoms with E-state index in [0.717, 1.165) is 15.9 Å². The molecule has 1 aliphatic heterocycles. The fourth-order valence-electron chi connectivity index (χ4n) is 4.59. The Morgan fingerprint density at radius 2 is 1.14 bits per heavy atom. The van der Waals surface area contributed by atoms with Crippen LogP contribution >= 0.6 is 18.6 Å². The smallest absolute Gasteiger partial charge is 0.234 e. The summed E-state index contributed by atoms with van der Waals surface area (Å²) in [4.78, 5) is 40.5. The van der Waals surface area contributed by atoms with Gasteiger partial charge in [0.2, 0.25) is 17.6 Å². The molecule has 5 rings (SSSR count). The molecule has 1 fully saturated rings. The van der Waals surface area contributed by atoms with E-state index in [1.807, 2.05) is 54.6 Å². The number of carbonyl (C=O) groups excluding carboxylic acids is 3. The molecular weight excluding hydrogens is 541 g/mol. The molecule has 0 atom stereocenters. The summed E-state index contributed by atoms with van der Waals surface area (Å²) in [7, 11) is -2.36. The minimum absolute atomic E-state index is 0. The van der Waals surface area contributed by atoms with Gasteiger partial charge >= 0.3 is 0 Å². The number of benzene rings is 3. The molecule has 0 bridgehead atoms. The summed E-state index contributed by atoms with van der Waals surface area (Å²) in [6, 6.07) is 32.3. The van der Waals surface area contributed by atoms with Crippen molar-refractivity contribution in [2.45, 2.75) is 12.8 Å². The molecule has 2 amide bonds. The van der Waals surface area contributed by atoms with Crippen LogP contribution in [0, 0.1) is 0 Å². The van der Waals surface area contributed by atoms with Crippen LogP contribution in [0.15, 0.2) is 102 Å². The van der Waals surface area contributed by atoms with Crippen molar-refractivity contribution in [3.05, 3.63) is 107 Å². The Bertz CT molecular complexity index is 1230. The minimum Gasteiger partial charge on any atom is -1.00 e. The van der Waals surface area contributed by atoms with Crippen LogP contribution in [0.4, 0.5) is 5.69 Å². The van der Waals surface area contributed by atoms with E-state index < -0.39 is 7.26 Å². The molecule has 7 heteroatoms. The summed E-state index contributed by atoms with van der Waals surface area (Å²) in [6.45, 7) is 0. The van der Waals surface area contributed by atoms with Gasteiger partial charge in [-0.1, -0.05) is 54.6 Å².